The number of thiophene rings is 2. The summed E-state index contributed by atoms with van der Waals surface area (Å²) in [6, 6.07) is 50.2. The van der Waals surface area contributed by atoms with Gasteiger partial charge in [-0.25, -0.2) is 9.97 Å². The van der Waals surface area contributed by atoms with Gasteiger partial charge in [-0.2, -0.15) is 0 Å². The fraction of sp³-hybridized carbons (Fsp3) is 0. The fourth-order valence-corrected chi connectivity index (χ4v) is 10.0. The molecule has 0 radical (unpaired) electrons. The van der Waals surface area contributed by atoms with Crippen LogP contribution in [0.3, 0.4) is 0 Å². The standard InChI is InChI=1S/C42H23N3S2/c1-2-12-24(13-3-1)38-41-39(29-18-8-11-21-34(29)47-41)44-42(43-38)45-31-19-9-6-16-27(31)37-32(45)23-22-30-35(37)25-14-4-5-15-26(25)36-28-17-7-10-20-33(28)46-40(30)36/h1-23H. The molecule has 11 aromatic rings. The smallest absolute Gasteiger partial charge is 0.235 e. The van der Waals surface area contributed by atoms with Gasteiger partial charge in [0.25, 0.3) is 0 Å². The van der Waals surface area contributed by atoms with Crippen LogP contribution in [0.4, 0.5) is 0 Å². The number of hydrogen-bond acceptors (Lipinski definition) is 4. The molecule has 7 aromatic carbocycles. The Hall–Kier alpha value is -5.62. The van der Waals surface area contributed by atoms with E-state index in [0.717, 1.165) is 37.9 Å². The van der Waals surface area contributed by atoms with Gasteiger partial charge in [-0.1, -0.05) is 115 Å². The minimum atomic E-state index is 0.692. The highest BCUT2D eigenvalue weighted by Crippen LogP contribution is 2.48. The predicted molar refractivity (Wildman–Crippen MR) is 203 cm³/mol. The first-order valence-electron chi connectivity index (χ1n) is 15.8. The Balaban J connectivity index is 1.33. The average Bonchev–Trinajstić information content (AvgIpc) is 3.81. The van der Waals surface area contributed by atoms with Crippen molar-refractivity contribution in [3.8, 4) is 17.2 Å². The van der Waals surface area contributed by atoms with Gasteiger partial charge in [0, 0.05) is 57.4 Å². The van der Waals surface area contributed by atoms with Crippen LogP contribution in [0, 0.1) is 0 Å². The van der Waals surface area contributed by atoms with E-state index in [4.69, 9.17) is 9.97 Å². The van der Waals surface area contributed by atoms with Gasteiger partial charge in [0.15, 0.2) is 0 Å². The molecule has 0 aliphatic heterocycles. The van der Waals surface area contributed by atoms with Crippen LogP contribution in [0.2, 0.25) is 0 Å². The zero-order valence-corrected chi connectivity index (χ0v) is 26.6. The summed E-state index contributed by atoms with van der Waals surface area (Å²) in [4.78, 5) is 10.8. The van der Waals surface area contributed by atoms with E-state index in [1.54, 1.807) is 11.3 Å². The summed E-state index contributed by atoms with van der Waals surface area (Å²) in [5, 5.41) is 11.4. The number of aromatic nitrogens is 3. The van der Waals surface area contributed by atoms with E-state index >= 15 is 0 Å². The molecule has 3 nitrogen and oxygen atoms in total. The van der Waals surface area contributed by atoms with Crippen molar-refractivity contribution < 1.29 is 0 Å². The van der Waals surface area contributed by atoms with Crippen molar-refractivity contribution in [2.45, 2.75) is 0 Å². The van der Waals surface area contributed by atoms with Crippen molar-refractivity contribution >= 4 is 106 Å². The maximum atomic E-state index is 5.39. The van der Waals surface area contributed by atoms with Gasteiger partial charge in [0.1, 0.15) is 0 Å². The summed E-state index contributed by atoms with van der Waals surface area (Å²) in [5.41, 5.74) is 5.28. The second kappa shape index (κ2) is 9.46. The van der Waals surface area contributed by atoms with Crippen LogP contribution in [0.25, 0.3) is 101 Å². The van der Waals surface area contributed by atoms with Crippen LogP contribution in [-0.4, -0.2) is 14.5 Å². The van der Waals surface area contributed by atoms with Crippen LogP contribution >= 0.6 is 22.7 Å². The molecule has 0 fully saturated rings. The van der Waals surface area contributed by atoms with Crippen LogP contribution < -0.4 is 0 Å². The lowest BCUT2D eigenvalue weighted by atomic mass is 9.94. The third-order valence-electron chi connectivity index (χ3n) is 9.60. The molecule has 11 rings (SSSR count). The molecular weight excluding hydrogens is 611 g/mol. The van der Waals surface area contributed by atoms with Crippen molar-refractivity contribution in [3.63, 3.8) is 0 Å². The molecule has 0 atom stereocenters. The molecule has 0 bridgehead atoms. The summed E-state index contributed by atoms with van der Waals surface area (Å²) in [6.45, 7) is 0. The third-order valence-corrected chi connectivity index (χ3v) is 12.0. The second-order valence-corrected chi connectivity index (χ2v) is 14.2. The largest absolute Gasteiger partial charge is 0.278 e. The van der Waals surface area contributed by atoms with E-state index in [0.29, 0.717) is 5.95 Å². The second-order valence-electron chi connectivity index (χ2n) is 12.1. The van der Waals surface area contributed by atoms with E-state index in [-0.39, 0.29) is 0 Å². The first kappa shape index (κ1) is 25.6. The Morgan fingerprint density at radius 2 is 1.02 bits per heavy atom. The molecule has 0 aliphatic carbocycles. The van der Waals surface area contributed by atoms with E-state index in [9.17, 15) is 0 Å². The summed E-state index contributed by atoms with van der Waals surface area (Å²) < 4.78 is 7.28. The molecule has 0 saturated carbocycles. The number of fused-ring (bicyclic) bond motifs is 15. The molecule has 0 saturated heterocycles. The number of nitrogens with zero attached hydrogens (tertiary/aromatic N) is 3. The first-order chi connectivity index (χ1) is 23.3. The van der Waals surface area contributed by atoms with Gasteiger partial charge in [0.2, 0.25) is 5.95 Å². The normalized spacial score (nSPS) is 12.3. The van der Waals surface area contributed by atoms with Gasteiger partial charge in [0.05, 0.1) is 26.9 Å². The lowest BCUT2D eigenvalue weighted by Gasteiger charge is -2.11. The van der Waals surface area contributed by atoms with Crippen molar-refractivity contribution in [3.05, 3.63) is 140 Å². The number of rotatable bonds is 2. The zero-order chi connectivity index (χ0) is 30.6. The summed E-state index contributed by atoms with van der Waals surface area (Å²) in [6.07, 6.45) is 0. The van der Waals surface area contributed by atoms with Gasteiger partial charge < -0.3 is 0 Å². The summed E-state index contributed by atoms with van der Waals surface area (Å²) in [5.74, 6) is 0.692. The van der Waals surface area contributed by atoms with Crippen LogP contribution in [0.5, 0.6) is 0 Å². The molecular formula is C42H23N3S2. The van der Waals surface area contributed by atoms with Crippen molar-refractivity contribution in [1.29, 1.82) is 0 Å². The SMILES string of the molecule is c1ccc(-c2nc(-n3c4ccccc4c4c5c6ccccc6c6c7ccccc7sc6c5ccc43)nc3c2sc2ccccc23)cc1. The van der Waals surface area contributed by atoms with E-state index in [1.165, 1.54) is 57.2 Å². The molecule has 5 heteroatoms. The zero-order valence-electron chi connectivity index (χ0n) is 24.9. The van der Waals surface area contributed by atoms with E-state index in [1.807, 2.05) is 11.3 Å². The topological polar surface area (TPSA) is 30.7 Å². The lowest BCUT2D eigenvalue weighted by Crippen LogP contribution is -2.02. The Kier molecular flexibility index (Phi) is 5.14. The van der Waals surface area contributed by atoms with Crippen molar-refractivity contribution in [2.24, 2.45) is 0 Å². The van der Waals surface area contributed by atoms with Crippen molar-refractivity contribution in [2.75, 3.05) is 0 Å². The maximum absolute atomic E-state index is 5.39. The number of hydrogen-bond donors (Lipinski definition) is 0. The number of para-hydroxylation sites is 1. The quantitative estimate of drug-likeness (QED) is 0.177. The molecule has 0 spiro atoms. The van der Waals surface area contributed by atoms with Gasteiger partial charge >= 0.3 is 0 Å². The van der Waals surface area contributed by atoms with Crippen molar-refractivity contribution in [1.82, 2.24) is 14.5 Å². The van der Waals surface area contributed by atoms with Crippen LogP contribution in [-0.2, 0) is 0 Å². The van der Waals surface area contributed by atoms with Crippen LogP contribution in [0.1, 0.15) is 0 Å². The molecule has 0 aliphatic rings. The highest BCUT2D eigenvalue weighted by atomic mass is 32.1. The monoisotopic (exact) mass is 633 g/mol. The van der Waals surface area contributed by atoms with Gasteiger partial charge in [-0.15, -0.1) is 22.7 Å². The molecule has 0 unspecified atom stereocenters. The highest BCUT2D eigenvalue weighted by Gasteiger charge is 2.23. The molecule has 47 heavy (non-hydrogen) atoms. The van der Waals surface area contributed by atoms with E-state index < -0.39 is 0 Å². The minimum absolute atomic E-state index is 0.692. The van der Waals surface area contributed by atoms with E-state index in [2.05, 4.69) is 144 Å². The molecule has 0 N–H and O–H groups in total. The van der Waals surface area contributed by atoms with Gasteiger partial charge in [-0.05, 0) is 35.0 Å². The average molecular weight is 634 g/mol. The highest BCUT2D eigenvalue weighted by molar-refractivity contribution is 7.27. The molecule has 4 aromatic heterocycles. The summed E-state index contributed by atoms with van der Waals surface area (Å²) in [7, 11) is 0. The molecule has 0 amide bonds. The fourth-order valence-electron chi connectivity index (χ4n) is 7.64. The Morgan fingerprint density at radius 3 is 1.83 bits per heavy atom. The predicted octanol–water partition coefficient (Wildman–Crippen LogP) is 12.3. The Morgan fingerprint density at radius 1 is 0.404 bits per heavy atom. The first-order valence-corrected chi connectivity index (χ1v) is 17.4. The Labute approximate surface area is 276 Å². The number of benzene rings is 7. The maximum Gasteiger partial charge on any atom is 0.235 e. The lowest BCUT2D eigenvalue weighted by molar-refractivity contribution is 1.02. The molecule has 4 heterocycles. The summed E-state index contributed by atoms with van der Waals surface area (Å²) >= 11 is 3.67. The van der Waals surface area contributed by atoms with Crippen LogP contribution in [0.15, 0.2) is 140 Å². The van der Waals surface area contributed by atoms with Gasteiger partial charge in [-0.3, -0.25) is 4.57 Å². The Bertz CT molecular complexity index is 3070. The third kappa shape index (κ3) is 3.45. The molecule has 218 valence electrons. The minimum Gasteiger partial charge on any atom is -0.278 e.